The van der Waals surface area contributed by atoms with Gasteiger partial charge in [-0.3, -0.25) is 19.8 Å². The molecule has 2 fully saturated rings. The summed E-state index contributed by atoms with van der Waals surface area (Å²) in [6, 6.07) is 15.1. The van der Waals surface area contributed by atoms with Crippen LogP contribution in [-0.2, 0) is 16.1 Å². The van der Waals surface area contributed by atoms with E-state index in [0.717, 1.165) is 49.7 Å². The van der Waals surface area contributed by atoms with Gasteiger partial charge in [0.05, 0.1) is 0 Å². The van der Waals surface area contributed by atoms with Crippen LogP contribution < -0.4 is 26.0 Å². The van der Waals surface area contributed by atoms with Crippen LogP contribution in [0.5, 0.6) is 5.75 Å². The minimum atomic E-state index is -0.811. The number of imide groups is 1. The molecular weight excluding hydrogens is 410 g/mol. The molecule has 0 radical (unpaired) electrons. The molecule has 0 aromatic heterocycles. The van der Waals surface area contributed by atoms with Crippen LogP contribution in [0.3, 0.4) is 0 Å². The molecule has 2 aromatic rings. The predicted molar refractivity (Wildman–Crippen MR) is 120 cm³/mol. The zero-order valence-electron chi connectivity index (χ0n) is 17.8. The third kappa shape index (κ3) is 5.55. The van der Waals surface area contributed by atoms with Crippen LogP contribution in [0.2, 0.25) is 0 Å². The summed E-state index contributed by atoms with van der Waals surface area (Å²) in [5.41, 5.74) is 8.19. The standard InChI is InChI=1S/C23H27N5O4/c24-23(31)32-19-7-1-16(2-8-19)15-27-11-13-28(14-12-27)18-5-3-17(4-6-18)25-20-9-10-21(29)26-22(20)30/h1-8,20,25H,9-15H2,(H2,24,31)(H,26,29,30). The van der Waals surface area contributed by atoms with Crippen molar-refractivity contribution in [1.82, 2.24) is 10.2 Å². The number of carbonyl (C=O) groups is 3. The summed E-state index contributed by atoms with van der Waals surface area (Å²) < 4.78 is 4.86. The summed E-state index contributed by atoms with van der Waals surface area (Å²) in [6.45, 7) is 4.55. The first-order valence-corrected chi connectivity index (χ1v) is 10.7. The third-order valence-electron chi connectivity index (χ3n) is 5.73. The number of rotatable bonds is 6. The van der Waals surface area contributed by atoms with Gasteiger partial charge in [-0.25, -0.2) is 4.79 Å². The van der Waals surface area contributed by atoms with Crippen molar-refractivity contribution in [1.29, 1.82) is 0 Å². The summed E-state index contributed by atoms with van der Waals surface area (Å²) in [6.07, 6.45) is 0.0560. The Bertz CT molecular complexity index is 969. The van der Waals surface area contributed by atoms with Gasteiger partial charge in [-0.2, -0.15) is 0 Å². The van der Waals surface area contributed by atoms with E-state index < -0.39 is 6.09 Å². The second-order valence-corrected chi connectivity index (χ2v) is 8.02. The van der Waals surface area contributed by atoms with Gasteiger partial charge in [0, 0.05) is 50.5 Å². The monoisotopic (exact) mass is 437 g/mol. The van der Waals surface area contributed by atoms with Crippen molar-refractivity contribution in [3.05, 3.63) is 54.1 Å². The summed E-state index contributed by atoms with van der Waals surface area (Å²) in [5, 5.41) is 5.57. The third-order valence-corrected chi connectivity index (χ3v) is 5.73. The Kier molecular flexibility index (Phi) is 6.55. The highest BCUT2D eigenvalue weighted by Gasteiger charge is 2.26. The van der Waals surface area contributed by atoms with Crippen LogP contribution in [0.15, 0.2) is 48.5 Å². The molecule has 2 aliphatic heterocycles. The molecule has 2 aliphatic rings. The Morgan fingerprint density at radius 1 is 1.03 bits per heavy atom. The van der Waals surface area contributed by atoms with Gasteiger partial charge in [-0.1, -0.05) is 12.1 Å². The molecule has 9 nitrogen and oxygen atoms in total. The zero-order chi connectivity index (χ0) is 22.5. The van der Waals surface area contributed by atoms with Gasteiger partial charge in [0.25, 0.3) is 0 Å². The number of primary amides is 1. The number of ether oxygens (including phenoxy) is 1. The Balaban J connectivity index is 1.25. The molecule has 0 spiro atoms. The molecule has 0 bridgehead atoms. The summed E-state index contributed by atoms with van der Waals surface area (Å²) in [4.78, 5) is 38.7. The average Bonchev–Trinajstić information content (AvgIpc) is 2.78. The van der Waals surface area contributed by atoms with E-state index in [4.69, 9.17) is 10.5 Å². The maximum Gasteiger partial charge on any atom is 0.409 e. The first kappa shape index (κ1) is 21.6. The fourth-order valence-electron chi connectivity index (χ4n) is 4.00. The van der Waals surface area contributed by atoms with Gasteiger partial charge < -0.3 is 20.7 Å². The minimum absolute atomic E-state index is 0.211. The lowest BCUT2D eigenvalue weighted by atomic mass is 10.1. The van der Waals surface area contributed by atoms with Crippen molar-refractivity contribution >= 4 is 29.3 Å². The van der Waals surface area contributed by atoms with Gasteiger partial charge >= 0.3 is 6.09 Å². The molecule has 2 aromatic carbocycles. The van der Waals surface area contributed by atoms with E-state index in [1.54, 1.807) is 12.1 Å². The number of nitrogens with one attached hydrogen (secondary N) is 2. The molecule has 9 heteroatoms. The number of benzene rings is 2. The molecule has 4 rings (SSSR count). The average molecular weight is 438 g/mol. The molecular formula is C23H27N5O4. The molecule has 1 unspecified atom stereocenters. The number of nitrogens with zero attached hydrogens (tertiary/aromatic N) is 2. The van der Waals surface area contributed by atoms with E-state index in [1.807, 2.05) is 24.3 Å². The Morgan fingerprint density at radius 2 is 1.72 bits per heavy atom. The minimum Gasteiger partial charge on any atom is -0.411 e. The Labute approximate surface area is 186 Å². The molecule has 1 atom stereocenters. The van der Waals surface area contributed by atoms with Crippen molar-refractivity contribution in [2.24, 2.45) is 5.73 Å². The van der Waals surface area contributed by atoms with Gasteiger partial charge in [-0.15, -0.1) is 0 Å². The fourth-order valence-corrected chi connectivity index (χ4v) is 4.00. The lowest BCUT2D eigenvalue weighted by Crippen LogP contribution is -2.47. The van der Waals surface area contributed by atoms with Gasteiger partial charge in [0.1, 0.15) is 11.8 Å². The van der Waals surface area contributed by atoms with E-state index in [2.05, 4.69) is 32.6 Å². The molecule has 2 saturated heterocycles. The Hall–Kier alpha value is -3.59. The summed E-state index contributed by atoms with van der Waals surface area (Å²) in [7, 11) is 0. The van der Waals surface area contributed by atoms with Gasteiger partial charge in [-0.05, 0) is 48.4 Å². The van der Waals surface area contributed by atoms with Crippen LogP contribution in [0, 0.1) is 0 Å². The number of piperidine rings is 1. The van der Waals surface area contributed by atoms with E-state index in [1.165, 1.54) is 0 Å². The zero-order valence-corrected chi connectivity index (χ0v) is 17.8. The first-order chi connectivity index (χ1) is 15.5. The van der Waals surface area contributed by atoms with Crippen LogP contribution in [0.1, 0.15) is 18.4 Å². The fraction of sp³-hybridized carbons (Fsp3) is 0.348. The van der Waals surface area contributed by atoms with E-state index in [0.29, 0.717) is 18.6 Å². The lowest BCUT2D eigenvalue weighted by Gasteiger charge is -2.36. The van der Waals surface area contributed by atoms with E-state index in [9.17, 15) is 14.4 Å². The summed E-state index contributed by atoms with van der Waals surface area (Å²) >= 11 is 0. The van der Waals surface area contributed by atoms with E-state index in [-0.39, 0.29) is 17.9 Å². The van der Waals surface area contributed by atoms with Crippen molar-refractivity contribution in [3.8, 4) is 5.75 Å². The number of hydrogen-bond acceptors (Lipinski definition) is 7. The second kappa shape index (κ2) is 9.69. The Morgan fingerprint density at radius 3 is 2.34 bits per heavy atom. The van der Waals surface area contributed by atoms with Gasteiger partial charge in [0.2, 0.25) is 11.8 Å². The molecule has 4 N–H and O–H groups in total. The quantitative estimate of drug-likeness (QED) is 0.589. The van der Waals surface area contributed by atoms with Crippen LogP contribution >= 0.6 is 0 Å². The molecule has 2 heterocycles. The van der Waals surface area contributed by atoms with Crippen molar-refractivity contribution in [2.75, 3.05) is 36.4 Å². The molecule has 168 valence electrons. The highest BCUT2D eigenvalue weighted by Crippen LogP contribution is 2.22. The van der Waals surface area contributed by atoms with Crippen molar-refractivity contribution < 1.29 is 19.1 Å². The topological polar surface area (TPSA) is 117 Å². The van der Waals surface area contributed by atoms with Crippen molar-refractivity contribution in [3.63, 3.8) is 0 Å². The number of piperazine rings is 1. The van der Waals surface area contributed by atoms with Crippen molar-refractivity contribution in [2.45, 2.75) is 25.4 Å². The second-order valence-electron chi connectivity index (χ2n) is 8.02. The molecule has 0 saturated carbocycles. The van der Waals surface area contributed by atoms with Gasteiger partial charge in [0.15, 0.2) is 0 Å². The van der Waals surface area contributed by atoms with Crippen LogP contribution in [0.25, 0.3) is 0 Å². The maximum atomic E-state index is 11.9. The largest absolute Gasteiger partial charge is 0.411 e. The highest BCUT2D eigenvalue weighted by molar-refractivity contribution is 6.01. The molecule has 0 aliphatic carbocycles. The predicted octanol–water partition coefficient (Wildman–Crippen LogP) is 1.68. The maximum absolute atomic E-state index is 11.9. The number of amides is 3. The number of anilines is 2. The highest BCUT2D eigenvalue weighted by atomic mass is 16.5. The lowest BCUT2D eigenvalue weighted by molar-refractivity contribution is -0.133. The summed E-state index contributed by atoms with van der Waals surface area (Å²) in [5.74, 6) is -0.0326. The SMILES string of the molecule is NC(=O)Oc1ccc(CN2CCN(c3ccc(NC4CCC(=O)NC4=O)cc3)CC2)cc1. The van der Waals surface area contributed by atoms with E-state index >= 15 is 0 Å². The molecule has 3 amide bonds. The number of nitrogens with two attached hydrogens (primary N) is 1. The number of hydrogen-bond donors (Lipinski definition) is 3. The van der Waals surface area contributed by atoms with Crippen LogP contribution in [-0.4, -0.2) is 55.0 Å². The number of carbonyl (C=O) groups excluding carboxylic acids is 3. The molecule has 32 heavy (non-hydrogen) atoms. The smallest absolute Gasteiger partial charge is 0.409 e. The normalized spacial score (nSPS) is 19.4. The first-order valence-electron chi connectivity index (χ1n) is 10.7. The van der Waals surface area contributed by atoms with Crippen LogP contribution in [0.4, 0.5) is 16.2 Å².